The molecule has 0 fully saturated rings. The number of carbonyl (C=O) groups excluding carboxylic acids is 2. The Kier molecular flexibility index (Phi) is 5.83. The van der Waals surface area contributed by atoms with E-state index in [0.717, 1.165) is 12.1 Å². The Labute approximate surface area is 130 Å². The number of alkyl carbamates (subject to hydrolysis) is 1. The molecule has 9 heteroatoms. The zero-order valence-corrected chi connectivity index (χ0v) is 12.8. The Morgan fingerprint density at radius 3 is 2.39 bits per heavy atom. The predicted molar refractivity (Wildman–Crippen MR) is 76.0 cm³/mol. The third-order valence-electron chi connectivity index (χ3n) is 2.14. The van der Waals surface area contributed by atoms with Crippen LogP contribution in [0, 0.1) is 0 Å². The number of anilines is 1. The van der Waals surface area contributed by atoms with Gasteiger partial charge in [-0.3, -0.25) is 4.79 Å². The van der Waals surface area contributed by atoms with E-state index in [1.54, 1.807) is 20.8 Å². The van der Waals surface area contributed by atoms with E-state index in [1.807, 2.05) is 0 Å². The fourth-order valence-corrected chi connectivity index (χ4v) is 1.44. The van der Waals surface area contributed by atoms with E-state index in [1.165, 1.54) is 12.1 Å². The summed E-state index contributed by atoms with van der Waals surface area (Å²) in [5.41, 5.74) is -0.605. The minimum atomic E-state index is -4.82. The molecule has 0 aliphatic heterocycles. The van der Waals surface area contributed by atoms with Crippen molar-refractivity contribution < 1.29 is 32.2 Å². The SMILES string of the molecule is CC(C)(C)OC(=O)NCC(=O)Nc1cccc(OC(F)(F)F)c1. The van der Waals surface area contributed by atoms with E-state index >= 15 is 0 Å². The molecule has 0 spiro atoms. The highest BCUT2D eigenvalue weighted by Gasteiger charge is 2.31. The van der Waals surface area contributed by atoms with Crippen LogP contribution in [0.1, 0.15) is 20.8 Å². The molecule has 128 valence electrons. The summed E-state index contributed by atoms with van der Waals surface area (Å²) in [6.07, 6.45) is -5.59. The largest absolute Gasteiger partial charge is 0.573 e. The number of alkyl halides is 3. The van der Waals surface area contributed by atoms with E-state index in [9.17, 15) is 22.8 Å². The molecule has 0 aliphatic carbocycles. The second-order valence-corrected chi connectivity index (χ2v) is 5.48. The van der Waals surface area contributed by atoms with E-state index in [0.29, 0.717) is 0 Å². The minimum absolute atomic E-state index is 0.0998. The van der Waals surface area contributed by atoms with Crippen LogP contribution in [0.5, 0.6) is 5.75 Å². The number of amides is 2. The van der Waals surface area contributed by atoms with Crippen LogP contribution in [0.2, 0.25) is 0 Å². The quantitative estimate of drug-likeness (QED) is 0.887. The number of ether oxygens (including phenoxy) is 2. The maximum absolute atomic E-state index is 12.1. The van der Waals surface area contributed by atoms with Gasteiger partial charge in [-0.1, -0.05) is 6.07 Å². The lowest BCUT2D eigenvalue weighted by Gasteiger charge is -2.19. The number of nitrogens with one attached hydrogen (secondary N) is 2. The summed E-state index contributed by atoms with van der Waals surface area (Å²) < 4.78 is 45.0. The van der Waals surface area contributed by atoms with Crippen molar-refractivity contribution in [1.29, 1.82) is 0 Å². The van der Waals surface area contributed by atoms with Gasteiger partial charge in [-0.15, -0.1) is 13.2 Å². The summed E-state index contributed by atoms with van der Waals surface area (Å²) >= 11 is 0. The van der Waals surface area contributed by atoms with Gasteiger partial charge in [0.05, 0.1) is 0 Å². The number of halogens is 3. The lowest BCUT2D eigenvalue weighted by atomic mass is 10.2. The molecule has 0 aromatic heterocycles. The molecule has 1 aromatic carbocycles. The van der Waals surface area contributed by atoms with Crippen molar-refractivity contribution in [2.45, 2.75) is 32.7 Å². The smallest absolute Gasteiger partial charge is 0.444 e. The van der Waals surface area contributed by atoms with Gasteiger partial charge in [0.25, 0.3) is 0 Å². The summed E-state index contributed by atoms with van der Waals surface area (Å²) in [6.45, 7) is 4.61. The number of hydrogen-bond acceptors (Lipinski definition) is 4. The molecule has 6 nitrogen and oxygen atoms in total. The van der Waals surface area contributed by atoms with Crippen LogP contribution in [0.3, 0.4) is 0 Å². The van der Waals surface area contributed by atoms with E-state index in [4.69, 9.17) is 4.74 Å². The van der Waals surface area contributed by atoms with Gasteiger partial charge in [-0.25, -0.2) is 4.79 Å². The van der Waals surface area contributed by atoms with Gasteiger partial charge in [-0.2, -0.15) is 0 Å². The maximum Gasteiger partial charge on any atom is 0.573 e. The highest BCUT2D eigenvalue weighted by Crippen LogP contribution is 2.24. The first-order valence-corrected chi connectivity index (χ1v) is 6.57. The molecule has 0 saturated heterocycles. The molecule has 0 saturated carbocycles. The molecule has 0 radical (unpaired) electrons. The Hall–Kier alpha value is -2.45. The zero-order chi connectivity index (χ0) is 17.7. The van der Waals surface area contributed by atoms with Crippen molar-refractivity contribution in [3.05, 3.63) is 24.3 Å². The van der Waals surface area contributed by atoms with Crippen molar-refractivity contribution in [3.63, 3.8) is 0 Å². The molecule has 23 heavy (non-hydrogen) atoms. The van der Waals surface area contributed by atoms with Gasteiger partial charge >= 0.3 is 12.5 Å². The molecule has 2 N–H and O–H groups in total. The Morgan fingerprint density at radius 2 is 1.83 bits per heavy atom. The van der Waals surface area contributed by atoms with Crippen LogP contribution in [-0.4, -0.2) is 30.5 Å². The molecule has 0 unspecified atom stereocenters. The number of benzene rings is 1. The van der Waals surface area contributed by atoms with Crippen LogP contribution in [0.25, 0.3) is 0 Å². The topological polar surface area (TPSA) is 76.7 Å². The molecule has 0 aliphatic rings. The first kappa shape index (κ1) is 18.6. The second kappa shape index (κ2) is 7.21. The van der Waals surface area contributed by atoms with Crippen LogP contribution in [0.15, 0.2) is 24.3 Å². The lowest BCUT2D eigenvalue weighted by molar-refractivity contribution is -0.274. The number of hydrogen-bond donors (Lipinski definition) is 2. The molecule has 1 rings (SSSR count). The van der Waals surface area contributed by atoms with Crippen molar-refractivity contribution in [2.24, 2.45) is 0 Å². The van der Waals surface area contributed by atoms with E-state index in [2.05, 4.69) is 15.4 Å². The molecule has 2 amide bonds. The van der Waals surface area contributed by atoms with Gasteiger partial charge < -0.3 is 20.1 Å². The fraction of sp³-hybridized carbons (Fsp3) is 0.429. The van der Waals surface area contributed by atoms with Gasteiger partial charge in [0.15, 0.2) is 0 Å². The highest BCUT2D eigenvalue weighted by atomic mass is 19.4. The molecule has 0 heterocycles. The van der Waals surface area contributed by atoms with Crippen LogP contribution in [0.4, 0.5) is 23.7 Å². The predicted octanol–water partition coefficient (Wildman–Crippen LogP) is 3.05. The molecular formula is C14H17F3N2O4. The third-order valence-corrected chi connectivity index (χ3v) is 2.14. The molecular weight excluding hydrogens is 317 g/mol. The molecule has 0 bridgehead atoms. The molecule has 0 atom stereocenters. The number of rotatable bonds is 4. The van der Waals surface area contributed by atoms with Gasteiger partial charge in [0, 0.05) is 11.8 Å². The Balaban J connectivity index is 2.51. The normalized spacial score (nSPS) is 11.6. The highest BCUT2D eigenvalue weighted by molar-refractivity contribution is 5.94. The Morgan fingerprint density at radius 1 is 1.17 bits per heavy atom. The van der Waals surface area contributed by atoms with Crippen LogP contribution in [-0.2, 0) is 9.53 Å². The number of carbonyl (C=O) groups is 2. The molecule has 1 aromatic rings. The van der Waals surface area contributed by atoms with Crippen molar-refractivity contribution in [1.82, 2.24) is 5.32 Å². The average Bonchev–Trinajstić information content (AvgIpc) is 2.32. The summed E-state index contributed by atoms with van der Waals surface area (Å²) in [5, 5.41) is 4.56. The summed E-state index contributed by atoms with van der Waals surface area (Å²) in [7, 11) is 0. The Bertz CT molecular complexity index is 568. The first-order valence-electron chi connectivity index (χ1n) is 6.57. The van der Waals surface area contributed by atoms with Gasteiger partial charge in [-0.05, 0) is 32.9 Å². The standard InChI is InChI=1S/C14H17F3N2O4/c1-13(2,3)23-12(21)18-8-11(20)19-9-5-4-6-10(7-9)22-14(15,16)17/h4-7H,8H2,1-3H3,(H,18,21)(H,19,20). The van der Waals surface area contributed by atoms with E-state index in [-0.39, 0.29) is 12.2 Å². The van der Waals surface area contributed by atoms with Crippen LogP contribution >= 0.6 is 0 Å². The lowest BCUT2D eigenvalue weighted by Crippen LogP contribution is -2.37. The first-order chi connectivity index (χ1) is 10.4. The second-order valence-electron chi connectivity index (χ2n) is 5.48. The maximum atomic E-state index is 12.1. The summed E-state index contributed by atoms with van der Waals surface area (Å²) in [5.74, 6) is -1.09. The third kappa shape index (κ3) is 8.54. The van der Waals surface area contributed by atoms with Crippen LogP contribution < -0.4 is 15.4 Å². The van der Waals surface area contributed by atoms with Crippen molar-refractivity contribution in [3.8, 4) is 5.75 Å². The summed E-state index contributed by atoms with van der Waals surface area (Å²) in [6, 6.07) is 4.79. The van der Waals surface area contributed by atoms with E-state index < -0.39 is 29.7 Å². The van der Waals surface area contributed by atoms with Crippen molar-refractivity contribution >= 4 is 17.7 Å². The zero-order valence-electron chi connectivity index (χ0n) is 12.8. The average molecular weight is 334 g/mol. The fourth-order valence-electron chi connectivity index (χ4n) is 1.44. The van der Waals surface area contributed by atoms with Crippen molar-refractivity contribution in [2.75, 3.05) is 11.9 Å². The van der Waals surface area contributed by atoms with Gasteiger partial charge in [0.2, 0.25) is 5.91 Å². The summed E-state index contributed by atoms with van der Waals surface area (Å²) in [4.78, 5) is 23.0. The monoisotopic (exact) mass is 334 g/mol. The minimum Gasteiger partial charge on any atom is -0.444 e. The van der Waals surface area contributed by atoms with Gasteiger partial charge in [0.1, 0.15) is 17.9 Å².